The lowest BCUT2D eigenvalue weighted by Gasteiger charge is -2.29. The van der Waals surface area contributed by atoms with E-state index in [-0.39, 0.29) is 12.4 Å². The van der Waals surface area contributed by atoms with Gasteiger partial charge in [-0.2, -0.15) is 0 Å². The van der Waals surface area contributed by atoms with Gasteiger partial charge in [-0.1, -0.05) is 18.2 Å². The fourth-order valence-corrected chi connectivity index (χ4v) is 4.17. The molecule has 0 saturated carbocycles. The van der Waals surface area contributed by atoms with Crippen molar-refractivity contribution >= 4 is 27.5 Å². The van der Waals surface area contributed by atoms with E-state index in [1.165, 1.54) is 10.6 Å². The molecule has 7 heteroatoms. The molecule has 0 N–H and O–H groups in total. The Balaban J connectivity index is 1.73. The SMILES string of the molecule is Cc1ccccc1C(=O)OCC(=O)c1ccc2c(c1)CCCN2S(C)(=O)=O. The number of carbonyl (C=O) groups excluding carboxylic acids is 2. The molecule has 1 aliphatic rings. The van der Waals surface area contributed by atoms with Crippen LogP contribution in [0.25, 0.3) is 0 Å². The van der Waals surface area contributed by atoms with Crippen molar-refractivity contribution in [2.75, 3.05) is 23.7 Å². The first-order chi connectivity index (χ1) is 12.8. The summed E-state index contributed by atoms with van der Waals surface area (Å²) in [6, 6.07) is 11.9. The highest BCUT2D eigenvalue weighted by atomic mass is 32.2. The Morgan fingerprint density at radius 1 is 1.15 bits per heavy atom. The minimum Gasteiger partial charge on any atom is -0.454 e. The zero-order valence-corrected chi connectivity index (χ0v) is 16.1. The molecule has 0 atom stereocenters. The number of ether oxygens (including phenoxy) is 1. The molecule has 2 aromatic carbocycles. The van der Waals surface area contributed by atoms with Crippen molar-refractivity contribution in [2.45, 2.75) is 19.8 Å². The Labute approximate surface area is 158 Å². The largest absolute Gasteiger partial charge is 0.454 e. The number of hydrogen-bond donors (Lipinski definition) is 0. The number of Topliss-reactive ketones (excluding diaryl/α,β-unsaturated/α-hetero) is 1. The molecule has 0 fully saturated rings. The van der Waals surface area contributed by atoms with Crippen molar-refractivity contribution in [1.29, 1.82) is 0 Å². The second-order valence-electron chi connectivity index (χ2n) is 6.60. The summed E-state index contributed by atoms with van der Waals surface area (Å²) in [7, 11) is -3.35. The Morgan fingerprint density at radius 3 is 2.59 bits per heavy atom. The number of anilines is 1. The van der Waals surface area contributed by atoms with Crippen molar-refractivity contribution in [3.63, 3.8) is 0 Å². The lowest BCUT2D eigenvalue weighted by Crippen LogP contribution is -2.34. The highest BCUT2D eigenvalue weighted by molar-refractivity contribution is 7.92. The molecule has 0 aromatic heterocycles. The van der Waals surface area contributed by atoms with Gasteiger partial charge in [-0.3, -0.25) is 9.10 Å². The summed E-state index contributed by atoms with van der Waals surface area (Å²) in [6.45, 7) is 1.88. The highest BCUT2D eigenvalue weighted by Crippen LogP contribution is 2.30. The maximum absolute atomic E-state index is 12.4. The van der Waals surface area contributed by atoms with Crippen LogP contribution in [0.1, 0.15) is 38.3 Å². The van der Waals surface area contributed by atoms with Crippen LogP contribution >= 0.6 is 0 Å². The number of nitrogens with zero attached hydrogens (tertiary/aromatic N) is 1. The Bertz CT molecular complexity index is 997. The summed E-state index contributed by atoms with van der Waals surface area (Å²) in [5, 5.41) is 0. The van der Waals surface area contributed by atoms with Crippen molar-refractivity contribution in [1.82, 2.24) is 0 Å². The van der Waals surface area contributed by atoms with Gasteiger partial charge in [-0.05, 0) is 55.2 Å². The lowest BCUT2D eigenvalue weighted by molar-refractivity contribution is 0.0474. The van der Waals surface area contributed by atoms with Crippen LogP contribution in [0.15, 0.2) is 42.5 Å². The standard InChI is InChI=1S/C20H21NO5S/c1-14-6-3-4-8-17(14)20(23)26-13-19(22)16-9-10-18-15(12-16)7-5-11-21(18)27(2,24)25/h3-4,6,8-10,12H,5,7,11,13H2,1-2H3. The molecule has 27 heavy (non-hydrogen) atoms. The van der Waals surface area contributed by atoms with Gasteiger partial charge in [0, 0.05) is 12.1 Å². The van der Waals surface area contributed by atoms with E-state index in [0.717, 1.165) is 11.1 Å². The number of carbonyl (C=O) groups is 2. The summed E-state index contributed by atoms with van der Waals surface area (Å²) >= 11 is 0. The number of aryl methyl sites for hydroxylation is 2. The number of ketones is 1. The number of hydrogen-bond acceptors (Lipinski definition) is 5. The summed E-state index contributed by atoms with van der Waals surface area (Å²) in [5.41, 5.74) is 3.03. The monoisotopic (exact) mass is 387 g/mol. The van der Waals surface area contributed by atoms with Gasteiger partial charge < -0.3 is 4.74 Å². The molecule has 0 unspecified atom stereocenters. The van der Waals surface area contributed by atoms with Gasteiger partial charge in [0.25, 0.3) is 0 Å². The molecule has 1 aliphatic heterocycles. The maximum Gasteiger partial charge on any atom is 0.338 e. The average molecular weight is 387 g/mol. The summed E-state index contributed by atoms with van der Waals surface area (Å²) in [5.74, 6) is -0.862. The van der Waals surface area contributed by atoms with E-state index in [4.69, 9.17) is 4.74 Å². The van der Waals surface area contributed by atoms with Gasteiger partial charge in [0.2, 0.25) is 10.0 Å². The van der Waals surface area contributed by atoms with Crippen LogP contribution in [0.4, 0.5) is 5.69 Å². The van der Waals surface area contributed by atoms with Crippen molar-refractivity contribution in [2.24, 2.45) is 0 Å². The van der Waals surface area contributed by atoms with Crippen LogP contribution in [-0.2, 0) is 21.2 Å². The number of rotatable bonds is 5. The number of benzene rings is 2. The van der Waals surface area contributed by atoms with Gasteiger partial charge >= 0.3 is 5.97 Å². The van der Waals surface area contributed by atoms with E-state index in [0.29, 0.717) is 36.2 Å². The second kappa shape index (κ2) is 7.52. The number of esters is 1. The minimum atomic E-state index is -3.35. The van der Waals surface area contributed by atoms with Gasteiger partial charge in [-0.25, -0.2) is 13.2 Å². The molecule has 0 spiro atoms. The molecule has 3 rings (SSSR count). The predicted octanol–water partition coefficient (Wildman–Crippen LogP) is 2.75. The molecule has 0 saturated heterocycles. The van der Waals surface area contributed by atoms with Crippen molar-refractivity contribution < 1.29 is 22.7 Å². The van der Waals surface area contributed by atoms with E-state index in [1.54, 1.807) is 43.3 Å². The maximum atomic E-state index is 12.4. The Kier molecular flexibility index (Phi) is 5.32. The lowest BCUT2D eigenvalue weighted by atomic mass is 9.99. The zero-order chi connectivity index (χ0) is 19.6. The first kappa shape index (κ1) is 19.1. The fraction of sp³-hybridized carbons (Fsp3) is 0.300. The molecule has 0 aliphatic carbocycles. The van der Waals surface area contributed by atoms with Crippen LogP contribution < -0.4 is 4.31 Å². The van der Waals surface area contributed by atoms with Crippen LogP contribution in [0.2, 0.25) is 0 Å². The molecular formula is C20H21NO5S. The first-order valence-corrected chi connectivity index (χ1v) is 10.5. The zero-order valence-electron chi connectivity index (χ0n) is 15.3. The first-order valence-electron chi connectivity index (χ1n) is 8.64. The highest BCUT2D eigenvalue weighted by Gasteiger charge is 2.25. The summed E-state index contributed by atoms with van der Waals surface area (Å²) in [6.07, 6.45) is 2.57. The van der Waals surface area contributed by atoms with Crippen molar-refractivity contribution in [3.05, 3.63) is 64.7 Å². The van der Waals surface area contributed by atoms with E-state index in [9.17, 15) is 18.0 Å². The average Bonchev–Trinajstić information content (AvgIpc) is 2.64. The molecule has 1 heterocycles. The van der Waals surface area contributed by atoms with E-state index < -0.39 is 16.0 Å². The van der Waals surface area contributed by atoms with Crippen molar-refractivity contribution in [3.8, 4) is 0 Å². The van der Waals surface area contributed by atoms with Crippen LogP contribution in [0.3, 0.4) is 0 Å². The van der Waals surface area contributed by atoms with Gasteiger partial charge in [0.05, 0.1) is 17.5 Å². The Hall–Kier alpha value is -2.67. The third-order valence-corrected chi connectivity index (χ3v) is 5.76. The third-order valence-electron chi connectivity index (χ3n) is 4.58. The molecule has 0 amide bonds. The third kappa shape index (κ3) is 4.19. The summed E-state index contributed by atoms with van der Waals surface area (Å²) < 4.78 is 30.3. The van der Waals surface area contributed by atoms with Gasteiger partial charge in [0.15, 0.2) is 12.4 Å². The van der Waals surface area contributed by atoms with E-state index >= 15 is 0 Å². The van der Waals surface area contributed by atoms with Crippen LogP contribution in [0.5, 0.6) is 0 Å². The number of sulfonamides is 1. The van der Waals surface area contributed by atoms with Crippen LogP contribution in [0, 0.1) is 6.92 Å². The molecule has 0 radical (unpaired) electrons. The van der Waals surface area contributed by atoms with Gasteiger partial charge in [0.1, 0.15) is 0 Å². The molecule has 2 aromatic rings. The quantitative estimate of drug-likeness (QED) is 0.582. The van der Waals surface area contributed by atoms with E-state index in [1.807, 2.05) is 6.07 Å². The van der Waals surface area contributed by atoms with Crippen LogP contribution in [-0.4, -0.2) is 39.6 Å². The molecule has 142 valence electrons. The topological polar surface area (TPSA) is 80.8 Å². The van der Waals surface area contributed by atoms with E-state index in [2.05, 4.69) is 0 Å². The normalized spacial score (nSPS) is 13.8. The molecule has 6 nitrogen and oxygen atoms in total. The smallest absolute Gasteiger partial charge is 0.338 e. The van der Waals surface area contributed by atoms with Gasteiger partial charge in [-0.15, -0.1) is 0 Å². The Morgan fingerprint density at radius 2 is 1.89 bits per heavy atom. The molecular weight excluding hydrogens is 366 g/mol. The second-order valence-corrected chi connectivity index (χ2v) is 8.50. The predicted molar refractivity (Wildman–Crippen MR) is 103 cm³/mol. The molecule has 0 bridgehead atoms. The summed E-state index contributed by atoms with van der Waals surface area (Å²) in [4.78, 5) is 24.6. The number of fused-ring (bicyclic) bond motifs is 1. The fourth-order valence-electron chi connectivity index (χ4n) is 3.17. The minimum absolute atomic E-state index is 0.323.